The lowest BCUT2D eigenvalue weighted by atomic mass is 10.1. The van der Waals surface area contributed by atoms with E-state index in [2.05, 4.69) is 14.8 Å². The lowest BCUT2D eigenvalue weighted by molar-refractivity contribution is 0.630. The molecule has 6 rings (SSSR count). The second-order valence-corrected chi connectivity index (χ2v) is 10.3. The summed E-state index contributed by atoms with van der Waals surface area (Å²) in [4.78, 5) is 41.1. The molecule has 4 aromatic rings. The van der Waals surface area contributed by atoms with Gasteiger partial charge in [-0.1, -0.05) is 6.07 Å². The van der Waals surface area contributed by atoms with Crippen LogP contribution < -0.4 is 31.6 Å². The summed E-state index contributed by atoms with van der Waals surface area (Å²) in [6.07, 6.45) is 1.44. The zero-order chi connectivity index (χ0) is 26.0. The van der Waals surface area contributed by atoms with Gasteiger partial charge in [0.2, 0.25) is 0 Å². The third-order valence-electron chi connectivity index (χ3n) is 6.98. The van der Waals surface area contributed by atoms with E-state index in [1.165, 1.54) is 38.9 Å². The molecule has 0 atom stereocenters. The normalized spacial score (nSPS) is 14.9. The molecule has 1 fully saturated rings. The van der Waals surface area contributed by atoms with E-state index < -0.39 is 22.6 Å². The Bertz CT molecular complexity index is 1790. The molecule has 0 unspecified atom stereocenters. The number of halogens is 1. The number of hydrogen-bond acceptors (Lipinski definition) is 7. The van der Waals surface area contributed by atoms with Crippen LogP contribution in [0.25, 0.3) is 16.6 Å². The molecule has 2 aliphatic rings. The van der Waals surface area contributed by atoms with Gasteiger partial charge in [-0.15, -0.1) is 0 Å². The molecular formula is C26H25FN6O3S. The SMILES string of the molecule is Cc1ccc(Nc2c3c(=O)n(C4CC4)c(=O)n(-c4ccc5c(c4)CNSN5)c3c(C)c(=O)n2C)c(F)c1. The van der Waals surface area contributed by atoms with Crippen molar-refractivity contribution < 1.29 is 4.39 Å². The Kier molecular flexibility index (Phi) is 5.50. The zero-order valence-corrected chi connectivity index (χ0v) is 21.3. The average molecular weight is 521 g/mol. The van der Waals surface area contributed by atoms with Crippen molar-refractivity contribution in [2.45, 2.75) is 39.3 Å². The molecule has 2 aromatic heterocycles. The average Bonchev–Trinajstić information content (AvgIpc) is 3.71. The van der Waals surface area contributed by atoms with Crippen LogP contribution in [0.4, 0.5) is 21.6 Å². The highest BCUT2D eigenvalue weighted by molar-refractivity contribution is 7.98. The van der Waals surface area contributed by atoms with Gasteiger partial charge in [0.15, 0.2) is 0 Å². The third kappa shape index (κ3) is 3.77. The molecule has 3 N–H and O–H groups in total. The van der Waals surface area contributed by atoms with Crippen molar-refractivity contribution in [1.82, 2.24) is 18.4 Å². The first kappa shape index (κ1) is 23.6. The van der Waals surface area contributed by atoms with E-state index in [-0.39, 0.29) is 34.0 Å². The van der Waals surface area contributed by atoms with Crippen LogP contribution in [-0.4, -0.2) is 13.7 Å². The summed E-state index contributed by atoms with van der Waals surface area (Å²) in [6.45, 7) is 3.96. The molecule has 2 aromatic carbocycles. The third-order valence-corrected chi connectivity index (χ3v) is 7.59. The number of rotatable bonds is 4. The predicted octanol–water partition coefficient (Wildman–Crippen LogP) is 3.76. The fourth-order valence-electron chi connectivity index (χ4n) is 4.87. The van der Waals surface area contributed by atoms with Crippen molar-refractivity contribution in [3.63, 3.8) is 0 Å². The summed E-state index contributed by atoms with van der Waals surface area (Å²) in [5, 5.41) is 3.15. The summed E-state index contributed by atoms with van der Waals surface area (Å²) < 4.78 is 25.2. The van der Waals surface area contributed by atoms with Gasteiger partial charge in [-0.3, -0.25) is 23.3 Å². The highest BCUT2D eigenvalue weighted by Crippen LogP contribution is 2.34. The predicted molar refractivity (Wildman–Crippen MR) is 145 cm³/mol. The molecule has 190 valence electrons. The first-order valence-electron chi connectivity index (χ1n) is 12.0. The van der Waals surface area contributed by atoms with Gasteiger partial charge in [-0.2, -0.15) is 0 Å². The number of hydrogen-bond donors (Lipinski definition) is 3. The Labute approximate surface area is 215 Å². The van der Waals surface area contributed by atoms with Gasteiger partial charge in [0.05, 0.1) is 16.9 Å². The van der Waals surface area contributed by atoms with Crippen LogP contribution in [0.5, 0.6) is 0 Å². The van der Waals surface area contributed by atoms with Gasteiger partial charge in [0, 0.05) is 43.0 Å². The van der Waals surface area contributed by atoms with E-state index in [0.29, 0.717) is 12.2 Å². The van der Waals surface area contributed by atoms with Crippen molar-refractivity contribution in [2.24, 2.45) is 7.05 Å². The Balaban J connectivity index is 1.72. The molecular weight excluding hydrogens is 495 g/mol. The Morgan fingerprint density at radius 1 is 1.05 bits per heavy atom. The van der Waals surface area contributed by atoms with E-state index in [1.807, 2.05) is 12.1 Å². The van der Waals surface area contributed by atoms with Gasteiger partial charge in [-0.05, 0) is 68.1 Å². The van der Waals surface area contributed by atoms with Crippen molar-refractivity contribution in [2.75, 3.05) is 10.0 Å². The van der Waals surface area contributed by atoms with Gasteiger partial charge in [0.25, 0.3) is 11.1 Å². The smallest absolute Gasteiger partial charge is 0.336 e. The second kappa shape index (κ2) is 8.63. The summed E-state index contributed by atoms with van der Waals surface area (Å²) in [7, 11) is 1.54. The lowest BCUT2D eigenvalue weighted by Crippen LogP contribution is -2.41. The maximum atomic E-state index is 14.8. The minimum Gasteiger partial charge on any atom is -0.338 e. The number of pyridine rings is 1. The molecule has 0 amide bonds. The van der Waals surface area contributed by atoms with E-state index in [9.17, 15) is 18.8 Å². The molecule has 9 nitrogen and oxygen atoms in total. The van der Waals surface area contributed by atoms with E-state index >= 15 is 0 Å². The number of aromatic nitrogens is 3. The first-order chi connectivity index (χ1) is 17.8. The molecule has 0 bridgehead atoms. The van der Waals surface area contributed by atoms with E-state index in [0.717, 1.165) is 29.7 Å². The number of nitrogens with zero attached hydrogens (tertiary/aromatic N) is 3. The van der Waals surface area contributed by atoms with Crippen molar-refractivity contribution >= 4 is 40.2 Å². The number of fused-ring (bicyclic) bond motifs is 2. The second-order valence-electron chi connectivity index (χ2n) is 9.56. The summed E-state index contributed by atoms with van der Waals surface area (Å²) in [6, 6.07) is 10.0. The molecule has 1 saturated carbocycles. The largest absolute Gasteiger partial charge is 0.338 e. The molecule has 11 heteroatoms. The monoisotopic (exact) mass is 520 g/mol. The molecule has 1 aliphatic heterocycles. The van der Waals surface area contributed by atoms with Crippen molar-refractivity contribution in [3.8, 4) is 5.69 Å². The van der Waals surface area contributed by atoms with Crippen LogP contribution in [0.2, 0.25) is 0 Å². The Morgan fingerprint density at radius 2 is 1.84 bits per heavy atom. The van der Waals surface area contributed by atoms with Crippen LogP contribution in [0, 0.1) is 19.7 Å². The quantitative estimate of drug-likeness (QED) is 0.352. The summed E-state index contributed by atoms with van der Waals surface area (Å²) in [5.74, 6) is -0.372. The minimum absolute atomic E-state index is 0.129. The van der Waals surface area contributed by atoms with Gasteiger partial charge in [-0.25, -0.2) is 13.9 Å². The van der Waals surface area contributed by atoms with Gasteiger partial charge < -0.3 is 10.0 Å². The number of anilines is 3. The summed E-state index contributed by atoms with van der Waals surface area (Å²) in [5.41, 5.74) is 2.38. The highest BCUT2D eigenvalue weighted by Gasteiger charge is 2.31. The molecule has 37 heavy (non-hydrogen) atoms. The maximum Gasteiger partial charge on any atom is 0.336 e. The Morgan fingerprint density at radius 3 is 2.57 bits per heavy atom. The lowest BCUT2D eigenvalue weighted by Gasteiger charge is -2.22. The zero-order valence-electron chi connectivity index (χ0n) is 20.5. The number of aryl methyl sites for hydroxylation is 2. The maximum absolute atomic E-state index is 14.8. The van der Waals surface area contributed by atoms with Crippen molar-refractivity contribution in [1.29, 1.82) is 0 Å². The Hall–Kier alpha value is -3.83. The number of nitrogens with one attached hydrogen (secondary N) is 3. The van der Waals surface area contributed by atoms with E-state index in [1.54, 1.807) is 32.0 Å². The first-order valence-corrected chi connectivity index (χ1v) is 12.8. The number of benzene rings is 2. The minimum atomic E-state index is -0.510. The molecule has 3 heterocycles. The fourth-order valence-corrected chi connectivity index (χ4v) is 5.48. The molecule has 0 saturated heterocycles. The van der Waals surface area contributed by atoms with E-state index in [4.69, 9.17) is 0 Å². The molecule has 1 aliphatic carbocycles. The fraction of sp³-hybridized carbons (Fsp3) is 0.269. The van der Waals surface area contributed by atoms with Crippen molar-refractivity contribution in [3.05, 3.63) is 90.1 Å². The molecule has 0 radical (unpaired) electrons. The van der Waals surface area contributed by atoms with Crippen LogP contribution in [0.15, 0.2) is 50.8 Å². The highest BCUT2D eigenvalue weighted by atomic mass is 32.2. The molecule has 0 spiro atoms. The standard InChI is InChI=1S/C26H25FN6O3S/c1-13-4-8-20(18(27)10-13)29-23-21-22(14(2)24(34)31(23)3)32(26(36)33(25(21)35)16-5-6-16)17-7-9-19-15(11-17)12-28-37-30-19/h4,7-11,16,28-30H,5-6,12H2,1-3H3. The van der Waals surface area contributed by atoms with Gasteiger partial charge in [0.1, 0.15) is 17.0 Å². The van der Waals surface area contributed by atoms with Crippen LogP contribution in [-0.2, 0) is 13.6 Å². The van der Waals surface area contributed by atoms with Crippen LogP contribution in [0.3, 0.4) is 0 Å². The van der Waals surface area contributed by atoms with Crippen LogP contribution in [0.1, 0.15) is 35.6 Å². The van der Waals surface area contributed by atoms with Gasteiger partial charge >= 0.3 is 5.69 Å². The topological polar surface area (TPSA) is 102 Å². The summed E-state index contributed by atoms with van der Waals surface area (Å²) >= 11 is 1.38. The van der Waals surface area contributed by atoms with Crippen LogP contribution >= 0.6 is 12.1 Å².